The van der Waals surface area contributed by atoms with E-state index < -0.39 is 0 Å². The Kier molecular flexibility index (Phi) is 4.87. The highest BCUT2D eigenvalue weighted by atomic mass is 35.5. The van der Waals surface area contributed by atoms with Crippen molar-refractivity contribution in [3.05, 3.63) is 69.2 Å². The molecule has 2 N–H and O–H groups in total. The predicted octanol–water partition coefficient (Wildman–Crippen LogP) is 4.59. The summed E-state index contributed by atoms with van der Waals surface area (Å²) >= 11 is 12.2. The second-order valence-corrected chi connectivity index (χ2v) is 5.63. The number of benzene rings is 2. The molecule has 0 aliphatic rings. The summed E-state index contributed by atoms with van der Waals surface area (Å²) < 4.78 is 0. The van der Waals surface area contributed by atoms with Crippen molar-refractivity contribution in [3.8, 4) is 0 Å². The second-order valence-electron chi connectivity index (χ2n) is 4.79. The standard InChI is InChI=1S/C16H17Cl2N/c1-11-2-4-12(5-3-11)8-13(10-19)15-7-6-14(17)9-16(15)18/h2-7,9,13H,8,10,19H2,1H3. The third-order valence-electron chi connectivity index (χ3n) is 3.29. The van der Waals surface area contributed by atoms with Gasteiger partial charge in [0, 0.05) is 16.0 Å². The molecule has 1 atom stereocenters. The smallest absolute Gasteiger partial charge is 0.0456 e. The van der Waals surface area contributed by atoms with Gasteiger partial charge in [0.15, 0.2) is 0 Å². The van der Waals surface area contributed by atoms with Crippen molar-refractivity contribution in [2.45, 2.75) is 19.3 Å². The van der Waals surface area contributed by atoms with E-state index in [1.165, 1.54) is 11.1 Å². The van der Waals surface area contributed by atoms with Gasteiger partial charge in [-0.3, -0.25) is 0 Å². The van der Waals surface area contributed by atoms with Gasteiger partial charge in [0.1, 0.15) is 0 Å². The van der Waals surface area contributed by atoms with Crippen LogP contribution in [0.25, 0.3) is 0 Å². The molecule has 0 fully saturated rings. The average Bonchev–Trinajstić information content (AvgIpc) is 2.39. The summed E-state index contributed by atoms with van der Waals surface area (Å²) in [5, 5.41) is 1.34. The maximum atomic E-state index is 6.25. The van der Waals surface area contributed by atoms with Crippen molar-refractivity contribution in [2.75, 3.05) is 6.54 Å². The molecule has 19 heavy (non-hydrogen) atoms. The maximum absolute atomic E-state index is 6.25. The van der Waals surface area contributed by atoms with Gasteiger partial charge in [0.25, 0.3) is 0 Å². The van der Waals surface area contributed by atoms with Crippen LogP contribution in [0, 0.1) is 6.92 Å². The van der Waals surface area contributed by atoms with Gasteiger partial charge in [0.05, 0.1) is 0 Å². The fourth-order valence-electron chi connectivity index (χ4n) is 2.16. The quantitative estimate of drug-likeness (QED) is 0.877. The minimum atomic E-state index is 0.215. The number of rotatable bonds is 4. The molecule has 1 nitrogen and oxygen atoms in total. The molecule has 0 heterocycles. The summed E-state index contributed by atoms with van der Waals surface area (Å²) in [6.45, 7) is 2.65. The normalized spacial score (nSPS) is 12.4. The van der Waals surface area contributed by atoms with Gasteiger partial charge in [-0.15, -0.1) is 0 Å². The Morgan fingerprint density at radius 3 is 2.32 bits per heavy atom. The highest BCUT2D eigenvalue weighted by molar-refractivity contribution is 6.35. The van der Waals surface area contributed by atoms with Gasteiger partial charge >= 0.3 is 0 Å². The van der Waals surface area contributed by atoms with E-state index in [9.17, 15) is 0 Å². The molecule has 0 radical (unpaired) electrons. The molecule has 1 unspecified atom stereocenters. The molecule has 0 aromatic heterocycles. The van der Waals surface area contributed by atoms with Gasteiger partial charge in [-0.05, 0) is 43.1 Å². The van der Waals surface area contributed by atoms with Crippen molar-refractivity contribution in [1.29, 1.82) is 0 Å². The lowest BCUT2D eigenvalue weighted by molar-refractivity contribution is 0.694. The van der Waals surface area contributed by atoms with Crippen LogP contribution in [0.1, 0.15) is 22.6 Å². The van der Waals surface area contributed by atoms with E-state index in [4.69, 9.17) is 28.9 Å². The first-order chi connectivity index (χ1) is 9.10. The Labute approximate surface area is 124 Å². The first-order valence-electron chi connectivity index (χ1n) is 6.30. The van der Waals surface area contributed by atoms with Crippen LogP contribution in [-0.2, 0) is 6.42 Å². The summed E-state index contributed by atoms with van der Waals surface area (Å²) in [4.78, 5) is 0. The average molecular weight is 294 g/mol. The Bertz CT molecular complexity index is 549. The lowest BCUT2D eigenvalue weighted by Crippen LogP contribution is -2.15. The van der Waals surface area contributed by atoms with E-state index in [1.54, 1.807) is 6.07 Å². The van der Waals surface area contributed by atoms with Crippen molar-refractivity contribution < 1.29 is 0 Å². The van der Waals surface area contributed by atoms with Crippen molar-refractivity contribution in [2.24, 2.45) is 5.73 Å². The maximum Gasteiger partial charge on any atom is 0.0456 e. The van der Waals surface area contributed by atoms with Gasteiger partial charge in [0.2, 0.25) is 0 Å². The van der Waals surface area contributed by atoms with Crippen LogP contribution in [0.2, 0.25) is 10.0 Å². The van der Waals surface area contributed by atoms with Crippen molar-refractivity contribution in [3.63, 3.8) is 0 Å². The van der Waals surface area contributed by atoms with Crippen molar-refractivity contribution >= 4 is 23.2 Å². The van der Waals surface area contributed by atoms with Crippen LogP contribution in [0.15, 0.2) is 42.5 Å². The van der Waals surface area contributed by atoms with E-state index in [1.807, 2.05) is 12.1 Å². The molecule has 2 aromatic carbocycles. The van der Waals surface area contributed by atoms with Gasteiger partial charge in [-0.25, -0.2) is 0 Å². The second kappa shape index (κ2) is 6.42. The number of halogens is 2. The lowest BCUT2D eigenvalue weighted by atomic mass is 9.92. The SMILES string of the molecule is Cc1ccc(CC(CN)c2ccc(Cl)cc2Cl)cc1. The fraction of sp³-hybridized carbons (Fsp3) is 0.250. The molecule has 2 rings (SSSR count). The Morgan fingerprint density at radius 1 is 1.05 bits per heavy atom. The molecule has 0 saturated heterocycles. The van der Waals surface area contributed by atoms with Crippen LogP contribution in [-0.4, -0.2) is 6.54 Å². The molecule has 0 saturated carbocycles. The van der Waals surface area contributed by atoms with Gasteiger partial charge in [-0.1, -0.05) is 59.1 Å². The van der Waals surface area contributed by atoms with E-state index in [0.29, 0.717) is 16.6 Å². The lowest BCUT2D eigenvalue weighted by Gasteiger charge is -2.17. The van der Waals surface area contributed by atoms with Gasteiger partial charge < -0.3 is 5.73 Å². The highest BCUT2D eigenvalue weighted by Gasteiger charge is 2.14. The molecule has 0 amide bonds. The highest BCUT2D eigenvalue weighted by Crippen LogP contribution is 2.29. The zero-order chi connectivity index (χ0) is 13.8. The van der Waals surface area contributed by atoms with Crippen LogP contribution in [0.3, 0.4) is 0 Å². The van der Waals surface area contributed by atoms with Crippen LogP contribution in [0.5, 0.6) is 0 Å². The molecule has 0 bridgehead atoms. The Balaban J connectivity index is 2.22. The van der Waals surface area contributed by atoms with Crippen LogP contribution < -0.4 is 5.73 Å². The van der Waals surface area contributed by atoms with E-state index in [0.717, 1.165) is 12.0 Å². The third kappa shape index (κ3) is 3.73. The molecular weight excluding hydrogens is 277 g/mol. The summed E-state index contributed by atoms with van der Waals surface area (Å²) in [6.07, 6.45) is 0.887. The molecule has 0 spiro atoms. The third-order valence-corrected chi connectivity index (χ3v) is 3.85. The number of aryl methyl sites for hydroxylation is 1. The molecule has 2 aromatic rings. The predicted molar refractivity (Wildman–Crippen MR) is 83.1 cm³/mol. The monoisotopic (exact) mass is 293 g/mol. The van der Waals surface area contributed by atoms with E-state index in [2.05, 4.69) is 31.2 Å². The van der Waals surface area contributed by atoms with Crippen LogP contribution >= 0.6 is 23.2 Å². The van der Waals surface area contributed by atoms with Gasteiger partial charge in [-0.2, -0.15) is 0 Å². The summed E-state index contributed by atoms with van der Waals surface area (Å²) in [6, 6.07) is 14.1. The number of nitrogens with two attached hydrogens (primary N) is 1. The van der Waals surface area contributed by atoms with E-state index in [-0.39, 0.29) is 5.92 Å². The fourth-order valence-corrected chi connectivity index (χ4v) is 2.72. The minimum absolute atomic E-state index is 0.215. The largest absolute Gasteiger partial charge is 0.330 e. The zero-order valence-corrected chi connectivity index (χ0v) is 12.4. The van der Waals surface area contributed by atoms with Crippen LogP contribution in [0.4, 0.5) is 0 Å². The minimum Gasteiger partial charge on any atom is -0.330 e. The molecule has 3 heteroatoms. The topological polar surface area (TPSA) is 26.0 Å². The molecule has 0 aliphatic heterocycles. The zero-order valence-electron chi connectivity index (χ0n) is 10.9. The van der Waals surface area contributed by atoms with E-state index >= 15 is 0 Å². The first kappa shape index (κ1) is 14.4. The number of hydrogen-bond donors (Lipinski definition) is 1. The number of hydrogen-bond acceptors (Lipinski definition) is 1. The summed E-state index contributed by atoms with van der Waals surface area (Å²) in [5.74, 6) is 0.215. The molecule has 100 valence electrons. The summed E-state index contributed by atoms with van der Waals surface area (Å²) in [5.41, 5.74) is 9.49. The van der Waals surface area contributed by atoms with Crippen molar-refractivity contribution in [1.82, 2.24) is 0 Å². The Hall–Kier alpha value is -1.02. The Morgan fingerprint density at radius 2 is 1.74 bits per heavy atom. The molecular formula is C16H17Cl2N. The first-order valence-corrected chi connectivity index (χ1v) is 7.06. The summed E-state index contributed by atoms with van der Waals surface area (Å²) in [7, 11) is 0. The molecule has 0 aliphatic carbocycles.